The van der Waals surface area contributed by atoms with E-state index < -0.39 is 17.8 Å². The lowest BCUT2D eigenvalue weighted by molar-refractivity contribution is -0.108. The van der Waals surface area contributed by atoms with Gasteiger partial charge in [0.1, 0.15) is 12.1 Å². The quantitative estimate of drug-likeness (QED) is 0.322. The maximum atomic E-state index is 14.4. The second-order valence-corrected chi connectivity index (χ2v) is 6.76. The number of carbonyl (C=O) groups is 2. The fourth-order valence-corrected chi connectivity index (χ4v) is 3.14. The van der Waals surface area contributed by atoms with E-state index in [1.54, 1.807) is 24.6 Å². The Balaban J connectivity index is 2.02. The third-order valence-corrected chi connectivity index (χ3v) is 4.78. The zero-order valence-electron chi connectivity index (χ0n) is 14.3. The summed E-state index contributed by atoms with van der Waals surface area (Å²) in [5.41, 5.74) is 8.33. The number of anilines is 3. The Hall–Kier alpha value is -3.11. The molecular formula is C17H17FN6O2S. The molecule has 0 aliphatic rings. The Bertz CT molecular complexity index is 1010. The van der Waals surface area contributed by atoms with E-state index in [0.717, 1.165) is 21.3 Å². The minimum atomic E-state index is -0.838. The molecular weight excluding hydrogens is 371 g/mol. The van der Waals surface area contributed by atoms with E-state index in [2.05, 4.69) is 15.3 Å². The Labute approximate surface area is 158 Å². The van der Waals surface area contributed by atoms with Gasteiger partial charge in [0.25, 0.3) is 5.91 Å². The van der Waals surface area contributed by atoms with Crippen LogP contribution in [-0.4, -0.2) is 28.2 Å². The van der Waals surface area contributed by atoms with E-state index >= 15 is 0 Å². The first-order valence-electron chi connectivity index (χ1n) is 7.99. The van der Waals surface area contributed by atoms with Crippen LogP contribution in [-0.2, 0) is 4.79 Å². The Kier molecular flexibility index (Phi) is 5.28. The largest absolute Gasteiger partial charge is 0.365 e. The van der Waals surface area contributed by atoms with Crippen LogP contribution in [0.25, 0.3) is 10.2 Å². The highest BCUT2D eigenvalue weighted by molar-refractivity contribution is 7.16. The summed E-state index contributed by atoms with van der Waals surface area (Å²) in [6, 6.07) is 5.91. The molecule has 1 amide bonds. The summed E-state index contributed by atoms with van der Waals surface area (Å²) in [6.45, 7) is 1.65. The van der Waals surface area contributed by atoms with Crippen molar-refractivity contribution in [2.24, 2.45) is 11.6 Å². The number of carbonyl (C=O) groups excluding carboxylic acids is 2. The van der Waals surface area contributed by atoms with E-state index in [9.17, 15) is 14.0 Å². The minimum Gasteiger partial charge on any atom is -0.365 e. The molecule has 1 unspecified atom stereocenters. The van der Waals surface area contributed by atoms with E-state index in [4.69, 9.17) is 11.6 Å². The molecule has 2 aromatic heterocycles. The summed E-state index contributed by atoms with van der Waals surface area (Å²) in [5.74, 6) is 4.10. The summed E-state index contributed by atoms with van der Waals surface area (Å²) in [4.78, 5) is 30.8. The van der Waals surface area contributed by atoms with Crippen molar-refractivity contribution in [3.8, 4) is 0 Å². The highest BCUT2D eigenvalue weighted by Crippen LogP contribution is 2.28. The van der Waals surface area contributed by atoms with Crippen LogP contribution in [0.1, 0.15) is 23.7 Å². The van der Waals surface area contributed by atoms with Gasteiger partial charge in [0.05, 0.1) is 27.3 Å². The highest BCUT2D eigenvalue weighted by atomic mass is 32.1. The average molecular weight is 388 g/mol. The van der Waals surface area contributed by atoms with Crippen LogP contribution in [0.5, 0.6) is 0 Å². The monoisotopic (exact) mass is 388 g/mol. The number of nitrogens with one attached hydrogen (secondary N) is 1. The number of pyridine rings is 1. The molecule has 0 fully saturated rings. The molecule has 0 aliphatic carbocycles. The molecule has 10 heteroatoms. The van der Waals surface area contributed by atoms with Crippen LogP contribution in [0.15, 0.2) is 29.8 Å². The molecule has 140 valence electrons. The first kappa shape index (κ1) is 18.7. The number of thiazole rings is 1. The van der Waals surface area contributed by atoms with E-state index in [1.165, 1.54) is 11.3 Å². The summed E-state index contributed by atoms with van der Waals surface area (Å²) >= 11 is 1.50. The number of hydrogen-bond acceptors (Lipinski definition) is 8. The number of aromatic nitrogens is 2. The van der Waals surface area contributed by atoms with Crippen molar-refractivity contribution < 1.29 is 14.0 Å². The number of fused-ring (bicyclic) bond motifs is 1. The number of nitrogens with zero attached hydrogens (tertiary/aromatic N) is 3. The van der Waals surface area contributed by atoms with Crippen LogP contribution in [0, 0.1) is 5.82 Å². The maximum Gasteiger partial charge on any atom is 0.252 e. The smallest absolute Gasteiger partial charge is 0.252 e. The van der Waals surface area contributed by atoms with Crippen LogP contribution < -0.4 is 21.9 Å². The lowest BCUT2D eigenvalue weighted by Crippen LogP contribution is -2.41. The summed E-state index contributed by atoms with van der Waals surface area (Å²) < 4.78 is 15.4. The summed E-state index contributed by atoms with van der Waals surface area (Å²) in [7, 11) is 0. The van der Waals surface area contributed by atoms with Crippen molar-refractivity contribution in [3.63, 3.8) is 0 Å². The van der Waals surface area contributed by atoms with Crippen LogP contribution in [0.3, 0.4) is 0 Å². The first-order chi connectivity index (χ1) is 12.9. The van der Waals surface area contributed by atoms with Gasteiger partial charge in [-0.15, -0.1) is 11.3 Å². The van der Waals surface area contributed by atoms with Gasteiger partial charge >= 0.3 is 0 Å². The fourth-order valence-electron chi connectivity index (χ4n) is 2.48. The van der Waals surface area contributed by atoms with Crippen LogP contribution in [0.4, 0.5) is 21.7 Å². The number of nitrogens with two attached hydrogens (primary N) is 2. The topological polar surface area (TPSA) is 127 Å². The third kappa shape index (κ3) is 3.86. The van der Waals surface area contributed by atoms with Crippen molar-refractivity contribution in [1.29, 1.82) is 0 Å². The molecule has 1 aromatic carbocycles. The van der Waals surface area contributed by atoms with Crippen molar-refractivity contribution in [2.75, 3.05) is 10.3 Å². The number of hydrazine groups is 1. The molecule has 0 radical (unpaired) electrons. The van der Waals surface area contributed by atoms with E-state index in [0.29, 0.717) is 12.0 Å². The van der Waals surface area contributed by atoms with Gasteiger partial charge in [-0.1, -0.05) is 0 Å². The van der Waals surface area contributed by atoms with Crippen molar-refractivity contribution in [1.82, 2.24) is 9.97 Å². The lowest BCUT2D eigenvalue weighted by Gasteiger charge is -2.25. The second kappa shape index (κ2) is 7.64. The number of amides is 1. The molecule has 0 saturated heterocycles. The number of aldehydes is 1. The molecule has 8 nitrogen and oxygen atoms in total. The van der Waals surface area contributed by atoms with Gasteiger partial charge in [-0.2, -0.15) is 0 Å². The Morgan fingerprint density at radius 3 is 2.93 bits per heavy atom. The lowest BCUT2D eigenvalue weighted by atomic mass is 10.2. The Morgan fingerprint density at radius 2 is 2.22 bits per heavy atom. The van der Waals surface area contributed by atoms with E-state index in [-0.39, 0.29) is 23.6 Å². The second-order valence-electron chi connectivity index (χ2n) is 5.87. The molecule has 0 spiro atoms. The molecule has 0 saturated carbocycles. The zero-order chi connectivity index (χ0) is 19.6. The van der Waals surface area contributed by atoms with Gasteiger partial charge in [0.15, 0.2) is 11.6 Å². The SMILES string of the molecule is CC(CC=O)N(N)c1nc(Nc2ccc3scnc3c2)c(C(N)=O)cc1F. The fraction of sp³-hybridized carbons (Fsp3) is 0.176. The third-order valence-electron chi connectivity index (χ3n) is 3.97. The van der Waals surface area contributed by atoms with Gasteiger partial charge in [-0.3, -0.25) is 9.80 Å². The minimum absolute atomic E-state index is 0.0576. The normalized spacial score (nSPS) is 12.0. The predicted octanol–water partition coefficient (Wildman–Crippen LogP) is 2.33. The maximum absolute atomic E-state index is 14.4. The van der Waals surface area contributed by atoms with Crippen LogP contribution in [0.2, 0.25) is 0 Å². The molecule has 1 atom stereocenters. The molecule has 27 heavy (non-hydrogen) atoms. The highest BCUT2D eigenvalue weighted by Gasteiger charge is 2.21. The molecule has 3 rings (SSSR count). The summed E-state index contributed by atoms with van der Waals surface area (Å²) in [5, 5.41) is 4.01. The van der Waals surface area contributed by atoms with Crippen LogP contribution >= 0.6 is 11.3 Å². The van der Waals surface area contributed by atoms with Crippen molar-refractivity contribution in [2.45, 2.75) is 19.4 Å². The number of hydrogen-bond donors (Lipinski definition) is 3. The van der Waals surface area contributed by atoms with Crippen molar-refractivity contribution in [3.05, 3.63) is 41.2 Å². The first-order valence-corrected chi connectivity index (χ1v) is 8.87. The average Bonchev–Trinajstić information content (AvgIpc) is 3.10. The Morgan fingerprint density at radius 1 is 1.44 bits per heavy atom. The van der Waals surface area contributed by atoms with Crippen molar-refractivity contribution >= 4 is 51.1 Å². The molecule has 2 heterocycles. The molecule has 5 N–H and O–H groups in total. The number of benzene rings is 1. The van der Waals surface area contributed by atoms with Gasteiger partial charge in [-0.05, 0) is 31.2 Å². The van der Waals surface area contributed by atoms with Gasteiger partial charge in [0.2, 0.25) is 0 Å². The molecule has 0 bridgehead atoms. The number of halogens is 1. The molecule has 3 aromatic rings. The van der Waals surface area contributed by atoms with Gasteiger partial charge in [-0.25, -0.2) is 20.2 Å². The van der Waals surface area contributed by atoms with Gasteiger partial charge in [0, 0.05) is 12.1 Å². The number of rotatable bonds is 7. The van der Waals surface area contributed by atoms with Gasteiger partial charge < -0.3 is 15.8 Å². The summed E-state index contributed by atoms with van der Waals surface area (Å²) in [6.07, 6.45) is 0.779. The standard InChI is InChI=1S/C17H17FN6O2S/c1-9(4-5-25)24(20)17-12(18)7-11(15(19)26)16(23-17)22-10-2-3-14-13(6-10)21-8-27-14/h2-3,5-9H,4,20H2,1H3,(H2,19,26)(H,22,23). The zero-order valence-corrected chi connectivity index (χ0v) is 15.2. The predicted molar refractivity (Wildman–Crippen MR) is 102 cm³/mol. The van der Waals surface area contributed by atoms with E-state index in [1.807, 2.05) is 6.07 Å². The molecule has 0 aliphatic heterocycles. The number of primary amides is 1.